The fraction of sp³-hybridized carbons (Fsp3) is 0.667. The van der Waals surface area contributed by atoms with E-state index in [4.69, 9.17) is 4.74 Å². The molecule has 0 atom stereocenters. The van der Waals surface area contributed by atoms with Crippen LogP contribution in [0.4, 0.5) is 0 Å². The van der Waals surface area contributed by atoms with Crippen LogP contribution in [0.1, 0.15) is 26.7 Å². The fourth-order valence-electron chi connectivity index (χ4n) is 0.590. The summed E-state index contributed by atoms with van der Waals surface area (Å²) in [6, 6.07) is 0. The molecule has 0 amide bonds. The number of carbonyl (C=O) groups excluding carboxylic acids is 1. The molecule has 0 radical (unpaired) electrons. The number of hydrogen-bond acceptors (Lipinski definition) is 2. The third kappa shape index (κ3) is 8.10. The van der Waals surface area contributed by atoms with Crippen LogP contribution in [0.25, 0.3) is 0 Å². The monoisotopic (exact) mass is 286 g/mol. The Hall–Kier alpha value is -0.000390. The van der Waals surface area contributed by atoms with Gasteiger partial charge in [0.2, 0.25) is 0 Å². The number of unbranched alkanes of at least 4 members (excludes halogenated alkanes) is 1. The Bertz CT molecular complexity index is 143. The van der Waals surface area contributed by atoms with Gasteiger partial charge in [-0.2, -0.15) is 0 Å². The van der Waals surface area contributed by atoms with Crippen molar-refractivity contribution in [3.8, 4) is 0 Å². The molecule has 2 nitrogen and oxygen atoms in total. The predicted octanol–water partition coefficient (Wildman–Crippen LogP) is 1.99. The second-order valence-electron chi connectivity index (χ2n) is 2.28. The number of hydrogen-bond donors (Lipinski definition) is 0. The quantitative estimate of drug-likeness (QED) is 0.322. The van der Waals surface area contributed by atoms with Crippen molar-refractivity contribution in [2.45, 2.75) is 31.2 Å². The maximum atomic E-state index is 10.8. The van der Waals surface area contributed by atoms with E-state index < -0.39 is 0 Å². The van der Waals surface area contributed by atoms with E-state index in [2.05, 4.69) is 6.92 Å². The summed E-state index contributed by atoms with van der Waals surface area (Å²) < 4.78 is 8.05. The first kappa shape index (κ1) is 12.0. The fourth-order valence-corrected chi connectivity index (χ4v) is 2.87. The first-order chi connectivity index (χ1) is 5.81. The molecule has 0 bridgehead atoms. The van der Waals surface area contributed by atoms with Gasteiger partial charge in [-0.05, 0) is 0 Å². The summed E-state index contributed by atoms with van der Waals surface area (Å²) in [5, 5.41) is 0. The van der Waals surface area contributed by atoms with Crippen LogP contribution in [0.15, 0.2) is 10.2 Å². The van der Waals surface area contributed by atoms with E-state index in [1.165, 1.54) is 17.3 Å². The standard InChI is InChI=1S/C9H16O2Te/c1-3-5-7-12-8-6-9(10)11-4-2/h6,8H,3-5,7H2,1-2H3/b8-6-. The Kier molecular flexibility index (Phi) is 9.09. The van der Waals surface area contributed by atoms with Crippen molar-refractivity contribution in [2.24, 2.45) is 0 Å². The van der Waals surface area contributed by atoms with Crippen molar-refractivity contribution in [1.82, 2.24) is 0 Å². The van der Waals surface area contributed by atoms with Crippen molar-refractivity contribution >= 4 is 26.9 Å². The molecule has 0 saturated carbocycles. The van der Waals surface area contributed by atoms with E-state index in [1.807, 2.05) is 11.0 Å². The molecule has 0 aliphatic rings. The molecule has 3 heteroatoms. The van der Waals surface area contributed by atoms with Gasteiger partial charge in [0, 0.05) is 0 Å². The average molecular weight is 284 g/mol. The van der Waals surface area contributed by atoms with Gasteiger partial charge in [0.15, 0.2) is 0 Å². The molecule has 0 fully saturated rings. The summed E-state index contributed by atoms with van der Waals surface area (Å²) in [7, 11) is 0. The summed E-state index contributed by atoms with van der Waals surface area (Å²) in [5.41, 5.74) is 0. The van der Waals surface area contributed by atoms with Gasteiger partial charge in [0.1, 0.15) is 0 Å². The second kappa shape index (κ2) is 9.09. The van der Waals surface area contributed by atoms with Crippen molar-refractivity contribution in [3.63, 3.8) is 0 Å². The summed E-state index contributed by atoms with van der Waals surface area (Å²) in [6.45, 7) is 4.47. The Morgan fingerprint density at radius 2 is 2.25 bits per heavy atom. The van der Waals surface area contributed by atoms with Gasteiger partial charge in [-0.3, -0.25) is 0 Å². The molecule has 0 aromatic rings. The molecule has 70 valence electrons. The van der Waals surface area contributed by atoms with E-state index in [1.54, 1.807) is 6.08 Å². The van der Waals surface area contributed by atoms with Gasteiger partial charge in [-0.1, -0.05) is 0 Å². The zero-order chi connectivity index (χ0) is 9.23. The minimum absolute atomic E-state index is 0.0692. The first-order valence-corrected chi connectivity index (χ1v) is 7.25. The summed E-state index contributed by atoms with van der Waals surface area (Å²) >= 11 is -0.0692. The normalized spacial score (nSPS) is 10.5. The molecule has 0 aromatic heterocycles. The third-order valence-electron chi connectivity index (χ3n) is 1.20. The molecule has 0 N–H and O–H groups in total. The van der Waals surface area contributed by atoms with Gasteiger partial charge in [-0.15, -0.1) is 0 Å². The molecule has 0 aromatic carbocycles. The molecule has 0 aliphatic heterocycles. The van der Waals surface area contributed by atoms with Gasteiger partial charge in [-0.25, -0.2) is 0 Å². The molecular formula is C9H16O2Te. The minimum atomic E-state index is -0.195. The molecule has 0 saturated heterocycles. The van der Waals surface area contributed by atoms with Crippen molar-refractivity contribution in [3.05, 3.63) is 10.2 Å². The van der Waals surface area contributed by atoms with Crippen LogP contribution >= 0.6 is 0 Å². The third-order valence-corrected chi connectivity index (χ3v) is 3.64. The van der Waals surface area contributed by atoms with Crippen LogP contribution in [-0.2, 0) is 9.53 Å². The van der Waals surface area contributed by atoms with Gasteiger partial charge >= 0.3 is 84.4 Å². The van der Waals surface area contributed by atoms with E-state index in [-0.39, 0.29) is 26.9 Å². The molecular weight excluding hydrogens is 268 g/mol. The van der Waals surface area contributed by atoms with Crippen LogP contribution in [0.3, 0.4) is 0 Å². The van der Waals surface area contributed by atoms with Crippen molar-refractivity contribution < 1.29 is 9.53 Å². The number of esters is 1. The van der Waals surface area contributed by atoms with E-state index in [9.17, 15) is 4.79 Å². The molecule has 0 spiro atoms. The van der Waals surface area contributed by atoms with Crippen LogP contribution in [0.5, 0.6) is 0 Å². The van der Waals surface area contributed by atoms with Crippen LogP contribution in [-0.4, -0.2) is 33.5 Å². The van der Waals surface area contributed by atoms with E-state index >= 15 is 0 Å². The Morgan fingerprint density at radius 1 is 1.50 bits per heavy atom. The Labute approximate surface area is 84.4 Å². The van der Waals surface area contributed by atoms with Gasteiger partial charge in [0.05, 0.1) is 0 Å². The molecule has 0 heterocycles. The Balaban J connectivity index is 3.29. The summed E-state index contributed by atoms with van der Waals surface area (Å²) in [4.78, 5) is 10.8. The molecule has 0 rings (SSSR count). The SMILES string of the molecule is CCCC[Te]/C=C\C(=O)OCC. The maximum absolute atomic E-state index is 10.8. The average Bonchev–Trinajstić information content (AvgIpc) is 2.05. The van der Waals surface area contributed by atoms with E-state index in [0.29, 0.717) is 6.61 Å². The predicted molar refractivity (Wildman–Crippen MR) is 51.2 cm³/mol. The summed E-state index contributed by atoms with van der Waals surface area (Å²) in [5.74, 6) is -0.195. The summed E-state index contributed by atoms with van der Waals surface area (Å²) in [6.07, 6.45) is 4.11. The van der Waals surface area contributed by atoms with Crippen LogP contribution in [0.2, 0.25) is 4.47 Å². The van der Waals surface area contributed by atoms with Gasteiger partial charge < -0.3 is 0 Å². The number of rotatable bonds is 6. The van der Waals surface area contributed by atoms with Crippen molar-refractivity contribution in [2.75, 3.05) is 6.61 Å². The number of ether oxygens (including phenoxy) is 1. The van der Waals surface area contributed by atoms with Gasteiger partial charge in [0.25, 0.3) is 0 Å². The Morgan fingerprint density at radius 3 is 2.83 bits per heavy atom. The molecule has 0 aliphatic carbocycles. The zero-order valence-electron chi connectivity index (χ0n) is 7.71. The van der Waals surface area contributed by atoms with Crippen LogP contribution < -0.4 is 0 Å². The molecule has 0 unspecified atom stereocenters. The number of carbonyl (C=O) groups is 1. The van der Waals surface area contributed by atoms with Crippen molar-refractivity contribution in [1.29, 1.82) is 0 Å². The first-order valence-electron chi connectivity index (χ1n) is 4.26. The van der Waals surface area contributed by atoms with E-state index in [0.717, 1.165) is 0 Å². The van der Waals surface area contributed by atoms with Crippen LogP contribution in [0, 0.1) is 0 Å². The zero-order valence-corrected chi connectivity index (χ0v) is 10.0. The topological polar surface area (TPSA) is 26.3 Å². The molecule has 12 heavy (non-hydrogen) atoms. The second-order valence-corrected chi connectivity index (χ2v) is 5.17.